The van der Waals surface area contributed by atoms with Gasteiger partial charge in [0, 0.05) is 34.6 Å². The average molecular weight is 405 g/mol. The normalized spacial score (nSPS) is 11.0. The minimum Gasteiger partial charge on any atom is -0.415 e. The maximum absolute atomic E-state index is 9.12. The van der Waals surface area contributed by atoms with E-state index in [0.717, 1.165) is 22.6 Å². The topological polar surface area (TPSA) is 97.0 Å². The van der Waals surface area contributed by atoms with Crippen LogP contribution in [0.5, 0.6) is 0 Å². The molecule has 4 rings (SSSR count). The Morgan fingerprint density at radius 3 is 2.34 bits per heavy atom. The summed E-state index contributed by atoms with van der Waals surface area (Å²) in [7, 11) is 1.91. The first-order chi connectivity index (χ1) is 14.2. The Kier molecular flexibility index (Phi) is 5.66. The van der Waals surface area contributed by atoms with Gasteiger partial charge in [-0.1, -0.05) is 24.3 Å². The number of nitrogens with zero attached hydrogens (tertiary/aromatic N) is 4. The Hall–Kier alpha value is -3.07. The molecule has 0 saturated heterocycles. The molecule has 0 atom stereocenters. The molecule has 146 valence electrons. The highest BCUT2D eigenvalue weighted by atomic mass is 32.2. The van der Waals surface area contributed by atoms with Crippen LogP contribution in [0.15, 0.2) is 64.0 Å². The summed E-state index contributed by atoms with van der Waals surface area (Å²) in [6.07, 6.45) is 1.71. The van der Waals surface area contributed by atoms with Crippen molar-refractivity contribution in [2.75, 3.05) is 7.05 Å². The van der Waals surface area contributed by atoms with Gasteiger partial charge in [0.05, 0.1) is 17.6 Å². The number of aromatic nitrogens is 4. The fourth-order valence-corrected chi connectivity index (χ4v) is 3.14. The highest BCUT2D eigenvalue weighted by Crippen LogP contribution is 2.27. The van der Waals surface area contributed by atoms with Crippen molar-refractivity contribution in [3.8, 4) is 34.3 Å². The molecule has 0 unspecified atom stereocenters. The van der Waals surface area contributed by atoms with Gasteiger partial charge in [-0.15, -0.1) is 10.2 Å². The summed E-state index contributed by atoms with van der Waals surface area (Å²) in [5.74, 6) is 0.764. The largest absolute Gasteiger partial charge is 0.415 e. The molecule has 8 heteroatoms. The van der Waals surface area contributed by atoms with Crippen LogP contribution < -0.4 is 5.32 Å². The second kappa shape index (κ2) is 8.52. The molecule has 29 heavy (non-hydrogen) atoms. The van der Waals surface area contributed by atoms with Gasteiger partial charge in [-0.25, -0.2) is 4.98 Å². The minimum atomic E-state index is 0.327. The molecule has 0 fully saturated rings. The summed E-state index contributed by atoms with van der Waals surface area (Å²) >= 11 is 0.706. The summed E-state index contributed by atoms with van der Waals surface area (Å²) < 4.78 is 15.0. The molecule has 4 aromatic rings. The van der Waals surface area contributed by atoms with Gasteiger partial charge in [0.2, 0.25) is 5.89 Å². The van der Waals surface area contributed by atoms with E-state index in [9.17, 15) is 0 Å². The van der Waals surface area contributed by atoms with Gasteiger partial charge >= 0.3 is 0 Å². The standard InChI is InChI=1S/C21H19N5O2S/c1-13-19(24-18(12-23-13)15-7-9-17(29-27)10-8-15)21-26-25-20(28-21)16-5-3-14(4-6-16)11-22-2/h3-10,12,22,27H,11H2,1-2H3. The van der Waals surface area contributed by atoms with Crippen LogP contribution in [0.1, 0.15) is 11.3 Å². The average Bonchev–Trinajstić information content (AvgIpc) is 3.25. The van der Waals surface area contributed by atoms with Crippen LogP contribution in [0.25, 0.3) is 34.3 Å². The molecule has 0 aliphatic rings. The van der Waals surface area contributed by atoms with E-state index in [0.29, 0.717) is 40.9 Å². The Morgan fingerprint density at radius 2 is 1.66 bits per heavy atom. The highest BCUT2D eigenvalue weighted by molar-refractivity contribution is 7.93. The fraction of sp³-hybridized carbons (Fsp3) is 0.143. The van der Waals surface area contributed by atoms with Crippen LogP contribution in [-0.2, 0) is 6.54 Å². The van der Waals surface area contributed by atoms with Crippen LogP contribution in [0.2, 0.25) is 0 Å². The number of hydrogen-bond donors (Lipinski definition) is 2. The Morgan fingerprint density at radius 1 is 0.966 bits per heavy atom. The highest BCUT2D eigenvalue weighted by Gasteiger charge is 2.16. The Balaban J connectivity index is 1.64. The maximum Gasteiger partial charge on any atom is 0.268 e. The molecule has 2 N–H and O–H groups in total. The maximum atomic E-state index is 9.12. The quantitative estimate of drug-likeness (QED) is 0.454. The van der Waals surface area contributed by atoms with Crippen molar-refractivity contribution in [1.82, 2.24) is 25.5 Å². The van der Waals surface area contributed by atoms with Crippen molar-refractivity contribution < 1.29 is 8.97 Å². The molecular weight excluding hydrogens is 386 g/mol. The van der Waals surface area contributed by atoms with Crippen LogP contribution >= 0.6 is 12.0 Å². The number of nitrogens with one attached hydrogen (secondary N) is 1. The zero-order valence-electron chi connectivity index (χ0n) is 16.0. The summed E-state index contributed by atoms with van der Waals surface area (Å²) in [6.45, 7) is 2.66. The summed E-state index contributed by atoms with van der Waals surface area (Å²) in [5.41, 5.74) is 4.86. The summed E-state index contributed by atoms with van der Waals surface area (Å²) in [5, 5.41) is 11.5. The second-order valence-corrected chi connectivity index (χ2v) is 7.10. The first-order valence-corrected chi connectivity index (χ1v) is 9.78. The molecule has 2 aromatic heterocycles. The third-order valence-corrected chi connectivity index (χ3v) is 4.90. The number of hydrogen-bond acceptors (Lipinski definition) is 8. The minimum absolute atomic E-state index is 0.327. The summed E-state index contributed by atoms with van der Waals surface area (Å²) in [4.78, 5) is 9.87. The van der Waals surface area contributed by atoms with E-state index in [-0.39, 0.29) is 0 Å². The fourth-order valence-electron chi connectivity index (χ4n) is 2.88. The molecule has 0 aliphatic carbocycles. The third kappa shape index (κ3) is 4.19. The zero-order valence-corrected chi connectivity index (χ0v) is 16.8. The lowest BCUT2D eigenvalue weighted by Gasteiger charge is -2.05. The molecule has 0 spiro atoms. The van der Waals surface area contributed by atoms with Gasteiger partial charge in [0.25, 0.3) is 5.89 Å². The first kappa shape index (κ1) is 19.3. The van der Waals surface area contributed by atoms with Crippen molar-refractivity contribution in [1.29, 1.82) is 0 Å². The van der Waals surface area contributed by atoms with Crippen LogP contribution in [0.3, 0.4) is 0 Å². The van der Waals surface area contributed by atoms with Gasteiger partial charge in [-0.2, -0.15) is 0 Å². The van der Waals surface area contributed by atoms with E-state index < -0.39 is 0 Å². The molecule has 0 radical (unpaired) electrons. The van der Waals surface area contributed by atoms with Crippen molar-refractivity contribution in [2.24, 2.45) is 0 Å². The lowest BCUT2D eigenvalue weighted by atomic mass is 10.1. The molecule has 2 aromatic carbocycles. The third-order valence-electron chi connectivity index (χ3n) is 4.42. The molecular formula is C21H19N5O2S. The lowest BCUT2D eigenvalue weighted by molar-refractivity contribution is 0.581. The molecule has 0 amide bonds. The number of rotatable bonds is 6. The number of aryl methyl sites for hydroxylation is 1. The molecule has 0 bridgehead atoms. The van der Waals surface area contributed by atoms with Crippen molar-refractivity contribution in [2.45, 2.75) is 18.4 Å². The van der Waals surface area contributed by atoms with Gasteiger partial charge < -0.3 is 14.3 Å². The van der Waals surface area contributed by atoms with Gasteiger partial charge in [-0.3, -0.25) is 4.98 Å². The monoisotopic (exact) mass is 405 g/mol. The molecule has 0 saturated carbocycles. The van der Waals surface area contributed by atoms with E-state index in [1.54, 1.807) is 6.20 Å². The van der Waals surface area contributed by atoms with E-state index in [1.807, 2.05) is 62.5 Å². The zero-order chi connectivity index (χ0) is 20.2. The molecule has 2 heterocycles. The van der Waals surface area contributed by atoms with Crippen LogP contribution in [-0.4, -0.2) is 31.8 Å². The van der Waals surface area contributed by atoms with Crippen molar-refractivity contribution >= 4 is 12.0 Å². The second-order valence-electron chi connectivity index (χ2n) is 6.44. The van der Waals surface area contributed by atoms with Crippen molar-refractivity contribution in [3.05, 3.63) is 66.0 Å². The Labute approximate surface area is 172 Å². The van der Waals surface area contributed by atoms with E-state index in [1.165, 1.54) is 5.56 Å². The van der Waals surface area contributed by atoms with Crippen LogP contribution in [0.4, 0.5) is 0 Å². The van der Waals surface area contributed by atoms with E-state index in [4.69, 9.17) is 8.97 Å². The van der Waals surface area contributed by atoms with Gasteiger partial charge in [-0.05, 0) is 43.8 Å². The predicted octanol–water partition coefficient (Wildman–Crippen LogP) is 4.45. The molecule has 0 aliphatic heterocycles. The Bertz CT molecular complexity index is 1110. The van der Waals surface area contributed by atoms with Crippen molar-refractivity contribution in [3.63, 3.8) is 0 Å². The molecule has 7 nitrogen and oxygen atoms in total. The van der Waals surface area contributed by atoms with Gasteiger partial charge in [0.1, 0.15) is 5.69 Å². The van der Waals surface area contributed by atoms with Crippen LogP contribution in [0, 0.1) is 6.92 Å². The smallest absolute Gasteiger partial charge is 0.268 e. The van der Waals surface area contributed by atoms with E-state index >= 15 is 0 Å². The van der Waals surface area contributed by atoms with Gasteiger partial charge in [0.15, 0.2) is 0 Å². The SMILES string of the molecule is CNCc1ccc(-c2nnc(-c3nc(-c4ccc(SO)cc4)cnc3C)o2)cc1. The predicted molar refractivity (Wildman–Crippen MR) is 112 cm³/mol. The summed E-state index contributed by atoms with van der Waals surface area (Å²) in [6, 6.07) is 15.4. The van der Waals surface area contributed by atoms with E-state index in [2.05, 4.69) is 25.5 Å². The lowest BCUT2D eigenvalue weighted by Crippen LogP contribution is -2.04. The number of benzene rings is 2. The first-order valence-electron chi connectivity index (χ1n) is 9.01.